The molecule has 2 rings (SSSR count). The Balaban J connectivity index is 2.10. The van der Waals surface area contributed by atoms with Crippen molar-refractivity contribution in [2.75, 3.05) is 12.3 Å². The van der Waals surface area contributed by atoms with Crippen molar-refractivity contribution >= 4 is 23.4 Å². The summed E-state index contributed by atoms with van der Waals surface area (Å²) >= 11 is 6.03. The SMILES string of the molecule is CC(CNC(=O)OC(C)(C)C)c1cccc(C(O)c2cc(Cl)ccc2N)c1. The molecule has 0 fully saturated rings. The van der Waals surface area contributed by atoms with Gasteiger partial charge in [-0.1, -0.05) is 42.8 Å². The maximum atomic E-state index is 11.8. The van der Waals surface area contributed by atoms with Crippen molar-refractivity contribution in [3.05, 3.63) is 64.2 Å². The summed E-state index contributed by atoms with van der Waals surface area (Å²) in [6, 6.07) is 12.6. The first kappa shape index (κ1) is 21.1. The summed E-state index contributed by atoms with van der Waals surface area (Å²) in [7, 11) is 0. The van der Waals surface area contributed by atoms with Gasteiger partial charge >= 0.3 is 6.09 Å². The highest BCUT2D eigenvalue weighted by Gasteiger charge is 2.18. The number of alkyl carbamates (subject to hydrolysis) is 1. The van der Waals surface area contributed by atoms with E-state index in [4.69, 9.17) is 22.1 Å². The van der Waals surface area contributed by atoms with Gasteiger partial charge in [-0.25, -0.2) is 4.79 Å². The minimum atomic E-state index is -0.880. The van der Waals surface area contributed by atoms with Gasteiger partial charge in [0.05, 0.1) is 0 Å². The molecule has 0 saturated heterocycles. The number of halogens is 1. The standard InChI is InChI=1S/C21H27ClN2O3/c1-13(12-24-20(26)27-21(2,3)4)14-6-5-7-15(10-14)19(25)17-11-16(22)8-9-18(17)23/h5-11,13,19,25H,12,23H2,1-4H3,(H,24,26). The Morgan fingerprint density at radius 2 is 1.89 bits per heavy atom. The minimum absolute atomic E-state index is 0.0429. The van der Waals surface area contributed by atoms with Gasteiger partial charge in [0.1, 0.15) is 11.7 Å². The van der Waals surface area contributed by atoms with Crippen molar-refractivity contribution in [2.24, 2.45) is 0 Å². The zero-order valence-electron chi connectivity index (χ0n) is 16.1. The number of aliphatic hydroxyl groups is 1. The second-order valence-corrected chi connectivity index (χ2v) is 8.07. The zero-order valence-corrected chi connectivity index (χ0v) is 16.9. The van der Waals surface area contributed by atoms with Crippen LogP contribution in [0.15, 0.2) is 42.5 Å². The van der Waals surface area contributed by atoms with Crippen LogP contribution in [0.1, 0.15) is 56.4 Å². The van der Waals surface area contributed by atoms with Gasteiger partial charge in [0.15, 0.2) is 0 Å². The molecule has 146 valence electrons. The molecule has 2 unspecified atom stereocenters. The molecular formula is C21H27ClN2O3. The molecule has 0 aliphatic heterocycles. The summed E-state index contributed by atoms with van der Waals surface area (Å²) in [4.78, 5) is 11.8. The third-order valence-electron chi connectivity index (χ3n) is 4.09. The lowest BCUT2D eigenvalue weighted by atomic mass is 9.94. The van der Waals surface area contributed by atoms with Gasteiger partial charge in [0, 0.05) is 22.8 Å². The van der Waals surface area contributed by atoms with E-state index in [0.717, 1.165) is 5.56 Å². The summed E-state index contributed by atoms with van der Waals surface area (Å²) in [5.41, 5.74) is 8.20. The van der Waals surface area contributed by atoms with Gasteiger partial charge in [0.25, 0.3) is 0 Å². The Kier molecular flexibility index (Phi) is 6.73. The van der Waals surface area contributed by atoms with Gasteiger partial charge in [-0.15, -0.1) is 0 Å². The molecule has 4 N–H and O–H groups in total. The number of carbonyl (C=O) groups is 1. The second-order valence-electron chi connectivity index (χ2n) is 7.63. The van der Waals surface area contributed by atoms with E-state index >= 15 is 0 Å². The van der Waals surface area contributed by atoms with Crippen molar-refractivity contribution in [3.8, 4) is 0 Å². The van der Waals surface area contributed by atoms with Crippen molar-refractivity contribution in [1.29, 1.82) is 0 Å². The maximum absolute atomic E-state index is 11.8. The van der Waals surface area contributed by atoms with Crippen LogP contribution in [0.25, 0.3) is 0 Å². The van der Waals surface area contributed by atoms with Crippen molar-refractivity contribution in [1.82, 2.24) is 5.32 Å². The molecule has 0 aliphatic carbocycles. The van der Waals surface area contributed by atoms with Gasteiger partial charge in [-0.3, -0.25) is 0 Å². The van der Waals surface area contributed by atoms with Gasteiger partial charge in [0.2, 0.25) is 0 Å². The van der Waals surface area contributed by atoms with Crippen LogP contribution >= 0.6 is 11.6 Å². The number of hydrogen-bond donors (Lipinski definition) is 3. The monoisotopic (exact) mass is 390 g/mol. The molecular weight excluding hydrogens is 364 g/mol. The van der Waals surface area contributed by atoms with E-state index in [1.807, 2.05) is 52.0 Å². The van der Waals surface area contributed by atoms with E-state index in [1.54, 1.807) is 18.2 Å². The molecule has 0 saturated carbocycles. The molecule has 0 bridgehead atoms. The quantitative estimate of drug-likeness (QED) is 0.649. The van der Waals surface area contributed by atoms with E-state index in [0.29, 0.717) is 28.4 Å². The Morgan fingerprint density at radius 3 is 2.56 bits per heavy atom. The number of nitrogen functional groups attached to an aromatic ring is 1. The Labute approximate surface area is 165 Å². The Hall–Kier alpha value is -2.24. The van der Waals surface area contributed by atoms with Gasteiger partial charge in [-0.2, -0.15) is 0 Å². The molecule has 0 aromatic heterocycles. The molecule has 5 nitrogen and oxygen atoms in total. The number of rotatable bonds is 5. The fourth-order valence-electron chi connectivity index (χ4n) is 2.67. The van der Waals surface area contributed by atoms with Crippen LogP contribution in [-0.2, 0) is 4.74 Å². The third-order valence-corrected chi connectivity index (χ3v) is 4.33. The average Bonchev–Trinajstić information content (AvgIpc) is 2.59. The highest BCUT2D eigenvalue weighted by molar-refractivity contribution is 6.30. The number of nitrogens with one attached hydrogen (secondary N) is 1. The smallest absolute Gasteiger partial charge is 0.407 e. The van der Waals surface area contributed by atoms with Gasteiger partial charge in [-0.05, 0) is 56.0 Å². The van der Waals surface area contributed by atoms with E-state index in [9.17, 15) is 9.90 Å². The first-order chi connectivity index (χ1) is 12.6. The molecule has 0 spiro atoms. The molecule has 2 atom stereocenters. The molecule has 1 amide bonds. The molecule has 6 heteroatoms. The molecule has 2 aromatic carbocycles. The number of benzene rings is 2. The Morgan fingerprint density at radius 1 is 1.22 bits per heavy atom. The topological polar surface area (TPSA) is 84.6 Å². The van der Waals surface area contributed by atoms with Crippen molar-refractivity contribution in [3.63, 3.8) is 0 Å². The summed E-state index contributed by atoms with van der Waals surface area (Å²) in [6.45, 7) is 7.89. The highest BCUT2D eigenvalue weighted by atomic mass is 35.5. The van der Waals surface area contributed by atoms with Crippen LogP contribution in [-0.4, -0.2) is 23.3 Å². The van der Waals surface area contributed by atoms with Crippen molar-refractivity contribution < 1.29 is 14.6 Å². The third kappa shape index (κ3) is 6.15. The van der Waals surface area contributed by atoms with Crippen LogP contribution in [0.4, 0.5) is 10.5 Å². The van der Waals surface area contributed by atoms with E-state index in [-0.39, 0.29) is 5.92 Å². The number of nitrogens with two attached hydrogens (primary N) is 1. The van der Waals surface area contributed by atoms with Crippen LogP contribution in [0.3, 0.4) is 0 Å². The lowest BCUT2D eigenvalue weighted by Gasteiger charge is -2.21. The highest BCUT2D eigenvalue weighted by Crippen LogP contribution is 2.30. The summed E-state index contributed by atoms with van der Waals surface area (Å²) in [6.07, 6.45) is -1.33. The number of carbonyl (C=O) groups excluding carboxylic acids is 1. The van der Waals surface area contributed by atoms with Crippen LogP contribution in [0, 0.1) is 0 Å². The van der Waals surface area contributed by atoms with Gasteiger partial charge < -0.3 is 20.9 Å². The lowest BCUT2D eigenvalue weighted by Crippen LogP contribution is -2.34. The number of amides is 1. The van der Waals surface area contributed by atoms with Crippen LogP contribution in [0.5, 0.6) is 0 Å². The summed E-state index contributed by atoms with van der Waals surface area (Å²) in [5, 5.41) is 14.0. The predicted octanol–water partition coefficient (Wildman–Crippen LogP) is 4.63. The molecule has 2 aromatic rings. The molecule has 0 aliphatic rings. The first-order valence-electron chi connectivity index (χ1n) is 8.86. The number of hydrogen-bond acceptors (Lipinski definition) is 4. The fraction of sp³-hybridized carbons (Fsp3) is 0.381. The normalized spacial score (nSPS) is 13.7. The number of ether oxygens (including phenoxy) is 1. The van der Waals surface area contributed by atoms with E-state index in [2.05, 4.69) is 5.32 Å². The Bertz CT molecular complexity index is 802. The zero-order chi connectivity index (χ0) is 20.2. The largest absolute Gasteiger partial charge is 0.444 e. The predicted molar refractivity (Wildman–Crippen MR) is 109 cm³/mol. The second kappa shape index (κ2) is 8.63. The lowest BCUT2D eigenvalue weighted by molar-refractivity contribution is 0.0525. The van der Waals surface area contributed by atoms with Crippen LogP contribution in [0.2, 0.25) is 5.02 Å². The fourth-order valence-corrected chi connectivity index (χ4v) is 2.85. The van der Waals surface area contributed by atoms with E-state index in [1.165, 1.54) is 0 Å². The first-order valence-corrected chi connectivity index (χ1v) is 9.24. The molecule has 0 radical (unpaired) electrons. The van der Waals surface area contributed by atoms with Crippen LogP contribution < -0.4 is 11.1 Å². The summed E-state index contributed by atoms with van der Waals surface area (Å²) < 4.78 is 5.25. The summed E-state index contributed by atoms with van der Waals surface area (Å²) in [5.74, 6) is 0.0429. The van der Waals surface area contributed by atoms with E-state index < -0.39 is 17.8 Å². The number of anilines is 1. The minimum Gasteiger partial charge on any atom is -0.444 e. The van der Waals surface area contributed by atoms with Crippen molar-refractivity contribution in [2.45, 2.75) is 45.3 Å². The maximum Gasteiger partial charge on any atom is 0.407 e. The number of aliphatic hydroxyl groups excluding tert-OH is 1. The molecule has 0 heterocycles. The average molecular weight is 391 g/mol. The molecule has 27 heavy (non-hydrogen) atoms.